The Kier molecular flexibility index (Phi) is 5.91. The van der Waals surface area contributed by atoms with Gasteiger partial charge in [0.25, 0.3) is 0 Å². The molecule has 152 valence electrons. The molecule has 7 heteroatoms. The lowest BCUT2D eigenvalue weighted by atomic mass is 9.91. The molecule has 2 atom stereocenters. The van der Waals surface area contributed by atoms with Crippen molar-refractivity contribution in [3.8, 4) is 0 Å². The summed E-state index contributed by atoms with van der Waals surface area (Å²) in [6, 6.07) is 9.35. The summed E-state index contributed by atoms with van der Waals surface area (Å²) in [4.78, 5) is 40.5. The van der Waals surface area contributed by atoms with Crippen LogP contribution in [0, 0.1) is 5.92 Å². The standard InChI is InChI=1S/C21H28N2O5/c1-21(2,3)28-19(25)16-9-10-17-12-22(13-18(24)23(17)11-16)20(26)27-14-15-7-5-4-6-8-15/h4-8,16-17H,9-14H2,1-3H3. The van der Waals surface area contributed by atoms with Gasteiger partial charge in [-0.25, -0.2) is 4.79 Å². The zero-order chi connectivity index (χ0) is 20.3. The summed E-state index contributed by atoms with van der Waals surface area (Å²) in [6.07, 6.45) is 0.833. The average molecular weight is 388 g/mol. The molecule has 2 fully saturated rings. The Hall–Kier alpha value is -2.57. The summed E-state index contributed by atoms with van der Waals surface area (Å²) >= 11 is 0. The Bertz CT molecular complexity index is 728. The van der Waals surface area contributed by atoms with Crippen LogP contribution in [0.4, 0.5) is 4.79 Å². The van der Waals surface area contributed by atoms with Crippen LogP contribution in [0.2, 0.25) is 0 Å². The van der Waals surface area contributed by atoms with Gasteiger partial charge >= 0.3 is 12.1 Å². The summed E-state index contributed by atoms with van der Waals surface area (Å²) in [5, 5.41) is 0. The van der Waals surface area contributed by atoms with Crippen LogP contribution in [-0.4, -0.2) is 59.0 Å². The second kappa shape index (κ2) is 8.20. The molecule has 3 rings (SSSR count). The van der Waals surface area contributed by atoms with Crippen molar-refractivity contribution in [2.45, 2.75) is 51.9 Å². The average Bonchev–Trinajstić information content (AvgIpc) is 2.65. The van der Waals surface area contributed by atoms with Gasteiger partial charge in [0, 0.05) is 19.1 Å². The number of hydrogen-bond donors (Lipinski definition) is 0. The number of benzene rings is 1. The van der Waals surface area contributed by atoms with Crippen molar-refractivity contribution < 1.29 is 23.9 Å². The van der Waals surface area contributed by atoms with Crippen molar-refractivity contribution in [1.82, 2.24) is 9.80 Å². The fourth-order valence-corrected chi connectivity index (χ4v) is 3.62. The maximum atomic E-state index is 12.6. The molecular weight excluding hydrogens is 360 g/mol. The molecule has 2 aliphatic rings. The number of piperazine rings is 1. The Balaban J connectivity index is 1.54. The molecule has 1 aromatic carbocycles. The van der Waals surface area contributed by atoms with E-state index in [4.69, 9.17) is 9.47 Å². The minimum absolute atomic E-state index is 0.0227. The van der Waals surface area contributed by atoms with Crippen LogP contribution in [0.1, 0.15) is 39.2 Å². The smallest absolute Gasteiger partial charge is 0.410 e. The van der Waals surface area contributed by atoms with Crippen LogP contribution in [0.25, 0.3) is 0 Å². The molecule has 2 saturated heterocycles. The van der Waals surface area contributed by atoms with Gasteiger partial charge in [0.15, 0.2) is 0 Å². The third-order valence-electron chi connectivity index (χ3n) is 4.99. The topological polar surface area (TPSA) is 76.1 Å². The number of esters is 1. The molecule has 0 spiro atoms. The summed E-state index contributed by atoms with van der Waals surface area (Å²) in [5.74, 6) is -0.722. The number of fused-ring (bicyclic) bond motifs is 1. The first-order valence-electron chi connectivity index (χ1n) is 9.71. The number of carbonyl (C=O) groups excluding carboxylic acids is 3. The fraction of sp³-hybridized carbons (Fsp3) is 0.571. The van der Waals surface area contributed by atoms with Gasteiger partial charge in [-0.1, -0.05) is 30.3 Å². The molecule has 0 saturated carbocycles. The first kappa shape index (κ1) is 20.2. The van der Waals surface area contributed by atoms with Gasteiger partial charge in [-0.05, 0) is 39.2 Å². The number of ether oxygens (including phenoxy) is 2. The number of nitrogens with zero attached hydrogens (tertiary/aromatic N) is 2. The molecule has 28 heavy (non-hydrogen) atoms. The van der Waals surface area contributed by atoms with E-state index < -0.39 is 11.7 Å². The summed E-state index contributed by atoms with van der Waals surface area (Å²) in [7, 11) is 0. The highest BCUT2D eigenvalue weighted by atomic mass is 16.6. The first-order valence-corrected chi connectivity index (χ1v) is 9.71. The highest BCUT2D eigenvalue weighted by Crippen LogP contribution is 2.28. The number of carbonyl (C=O) groups is 3. The van der Waals surface area contributed by atoms with E-state index in [1.807, 2.05) is 51.1 Å². The Morgan fingerprint density at radius 3 is 2.50 bits per heavy atom. The van der Waals surface area contributed by atoms with Crippen LogP contribution in [0.5, 0.6) is 0 Å². The summed E-state index contributed by atoms with van der Waals surface area (Å²) < 4.78 is 10.8. The highest BCUT2D eigenvalue weighted by Gasteiger charge is 2.41. The van der Waals surface area contributed by atoms with Crippen molar-refractivity contribution in [3.05, 3.63) is 35.9 Å². The molecule has 2 heterocycles. The first-order chi connectivity index (χ1) is 13.2. The second-order valence-electron chi connectivity index (χ2n) is 8.43. The SMILES string of the molecule is CC(C)(C)OC(=O)C1CCC2CN(C(=O)OCc3ccccc3)CC(=O)N2C1. The van der Waals surface area contributed by atoms with Gasteiger partial charge < -0.3 is 14.4 Å². The van der Waals surface area contributed by atoms with E-state index in [0.717, 1.165) is 5.56 Å². The van der Waals surface area contributed by atoms with Crippen LogP contribution in [0.15, 0.2) is 30.3 Å². The van der Waals surface area contributed by atoms with E-state index in [1.165, 1.54) is 4.90 Å². The summed E-state index contributed by atoms with van der Waals surface area (Å²) in [5.41, 5.74) is 0.359. The Morgan fingerprint density at radius 2 is 1.82 bits per heavy atom. The van der Waals surface area contributed by atoms with Crippen molar-refractivity contribution in [2.75, 3.05) is 19.6 Å². The van der Waals surface area contributed by atoms with Crippen molar-refractivity contribution in [1.29, 1.82) is 0 Å². The number of piperidine rings is 1. The van der Waals surface area contributed by atoms with Gasteiger partial charge in [0.1, 0.15) is 18.8 Å². The monoisotopic (exact) mass is 388 g/mol. The van der Waals surface area contributed by atoms with E-state index >= 15 is 0 Å². The minimum Gasteiger partial charge on any atom is -0.460 e. The van der Waals surface area contributed by atoms with E-state index in [2.05, 4.69) is 0 Å². The lowest BCUT2D eigenvalue weighted by Gasteiger charge is -2.45. The largest absolute Gasteiger partial charge is 0.460 e. The van der Waals surface area contributed by atoms with Crippen LogP contribution in [-0.2, 0) is 25.7 Å². The van der Waals surface area contributed by atoms with Crippen LogP contribution >= 0.6 is 0 Å². The van der Waals surface area contributed by atoms with Gasteiger partial charge in [-0.15, -0.1) is 0 Å². The zero-order valence-corrected chi connectivity index (χ0v) is 16.7. The van der Waals surface area contributed by atoms with Crippen molar-refractivity contribution in [2.24, 2.45) is 5.92 Å². The van der Waals surface area contributed by atoms with Crippen LogP contribution < -0.4 is 0 Å². The predicted octanol–water partition coefficient (Wildman–Crippen LogP) is 2.59. The third kappa shape index (κ3) is 5.03. The number of rotatable bonds is 3. The quantitative estimate of drug-likeness (QED) is 0.744. The van der Waals surface area contributed by atoms with Gasteiger partial charge in [0.2, 0.25) is 5.91 Å². The number of amides is 2. The van der Waals surface area contributed by atoms with Crippen LogP contribution in [0.3, 0.4) is 0 Å². The molecule has 2 unspecified atom stereocenters. The molecule has 0 aromatic heterocycles. The zero-order valence-electron chi connectivity index (χ0n) is 16.7. The maximum absolute atomic E-state index is 12.6. The van der Waals surface area contributed by atoms with Gasteiger partial charge in [-0.2, -0.15) is 0 Å². The molecule has 1 aromatic rings. The molecule has 0 bridgehead atoms. The predicted molar refractivity (Wildman–Crippen MR) is 102 cm³/mol. The van der Waals surface area contributed by atoms with E-state index in [1.54, 1.807) is 4.90 Å². The van der Waals surface area contributed by atoms with E-state index in [0.29, 0.717) is 25.9 Å². The van der Waals surface area contributed by atoms with Crippen molar-refractivity contribution in [3.63, 3.8) is 0 Å². The third-order valence-corrected chi connectivity index (χ3v) is 4.99. The molecule has 7 nitrogen and oxygen atoms in total. The fourth-order valence-electron chi connectivity index (χ4n) is 3.62. The van der Waals surface area contributed by atoms with Gasteiger partial charge in [0.05, 0.1) is 5.92 Å². The molecule has 0 N–H and O–H groups in total. The lowest BCUT2D eigenvalue weighted by Crippen LogP contribution is -2.61. The van der Waals surface area contributed by atoms with E-state index in [9.17, 15) is 14.4 Å². The Labute approximate surface area is 165 Å². The number of hydrogen-bond acceptors (Lipinski definition) is 5. The van der Waals surface area contributed by atoms with Gasteiger partial charge in [-0.3, -0.25) is 14.5 Å². The minimum atomic E-state index is -0.543. The molecule has 0 radical (unpaired) electrons. The van der Waals surface area contributed by atoms with E-state index in [-0.39, 0.29) is 37.0 Å². The van der Waals surface area contributed by atoms with Crippen molar-refractivity contribution >= 4 is 18.0 Å². The normalized spacial score (nSPS) is 22.5. The maximum Gasteiger partial charge on any atom is 0.410 e. The molecular formula is C21H28N2O5. The second-order valence-corrected chi connectivity index (χ2v) is 8.43. The summed E-state index contributed by atoms with van der Waals surface area (Å²) in [6.45, 7) is 6.45. The molecule has 2 amide bonds. The lowest BCUT2D eigenvalue weighted by molar-refractivity contribution is -0.164. The molecule has 0 aliphatic carbocycles. The molecule has 2 aliphatic heterocycles. The Morgan fingerprint density at radius 1 is 1.11 bits per heavy atom. The highest BCUT2D eigenvalue weighted by molar-refractivity contribution is 5.85.